The summed E-state index contributed by atoms with van der Waals surface area (Å²) < 4.78 is 42.5. The SMILES string of the molecule is COc1ccc(OC)c(/C=C/C(=O)OCC(=O)Nc2cccc(S(=O)(=O)N3CCCCC3)c2)c1. The minimum absolute atomic E-state index is 0.111. The van der Waals surface area contributed by atoms with Crippen molar-refractivity contribution in [1.82, 2.24) is 4.31 Å². The van der Waals surface area contributed by atoms with Gasteiger partial charge in [0.05, 0.1) is 19.1 Å². The van der Waals surface area contributed by atoms with Crippen LogP contribution in [0.2, 0.25) is 0 Å². The molecule has 1 amide bonds. The van der Waals surface area contributed by atoms with E-state index in [0.717, 1.165) is 19.3 Å². The van der Waals surface area contributed by atoms with Crippen molar-refractivity contribution in [3.63, 3.8) is 0 Å². The number of amides is 1. The van der Waals surface area contributed by atoms with Gasteiger partial charge in [-0.25, -0.2) is 13.2 Å². The van der Waals surface area contributed by atoms with E-state index in [2.05, 4.69) is 5.32 Å². The Morgan fingerprint density at radius 3 is 2.50 bits per heavy atom. The Bertz CT molecular complexity index is 1160. The number of carbonyl (C=O) groups excluding carboxylic acids is 2. The number of hydrogen-bond acceptors (Lipinski definition) is 7. The molecule has 1 N–H and O–H groups in total. The topological polar surface area (TPSA) is 111 Å². The highest BCUT2D eigenvalue weighted by Gasteiger charge is 2.26. The van der Waals surface area contributed by atoms with Crippen LogP contribution in [0, 0.1) is 0 Å². The summed E-state index contributed by atoms with van der Waals surface area (Å²) in [7, 11) is -0.585. The Kier molecular flexibility index (Phi) is 8.67. The number of sulfonamides is 1. The van der Waals surface area contributed by atoms with Crippen LogP contribution in [0.25, 0.3) is 6.08 Å². The number of piperidine rings is 1. The molecule has 0 bridgehead atoms. The van der Waals surface area contributed by atoms with Crippen molar-refractivity contribution in [2.24, 2.45) is 0 Å². The number of nitrogens with one attached hydrogen (secondary N) is 1. The number of hydrogen-bond donors (Lipinski definition) is 1. The molecule has 0 aromatic heterocycles. The zero-order chi connectivity index (χ0) is 24.6. The van der Waals surface area contributed by atoms with Crippen molar-refractivity contribution in [2.45, 2.75) is 24.2 Å². The fraction of sp³-hybridized carbons (Fsp3) is 0.333. The summed E-state index contributed by atoms with van der Waals surface area (Å²) in [5.41, 5.74) is 0.908. The van der Waals surface area contributed by atoms with Crippen LogP contribution < -0.4 is 14.8 Å². The number of esters is 1. The summed E-state index contributed by atoms with van der Waals surface area (Å²) in [6, 6.07) is 11.2. The van der Waals surface area contributed by atoms with E-state index in [-0.39, 0.29) is 4.90 Å². The Morgan fingerprint density at radius 1 is 1.03 bits per heavy atom. The number of rotatable bonds is 9. The first kappa shape index (κ1) is 25.3. The maximum atomic E-state index is 12.8. The van der Waals surface area contributed by atoms with Crippen molar-refractivity contribution >= 4 is 33.7 Å². The molecular formula is C24H28N2O7S. The van der Waals surface area contributed by atoms with Crippen LogP contribution in [-0.4, -0.2) is 58.5 Å². The van der Waals surface area contributed by atoms with E-state index in [1.807, 2.05) is 0 Å². The van der Waals surface area contributed by atoms with Gasteiger partial charge in [-0.05, 0) is 55.3 Å². The zero-order valence-electron chi connectivity index (χ0n) is 19.2. The van der Waals surface area contributed by atoms with E-state index in [1.165, 1.54) is 42.8 Å². The lowest BCUT2D eigenvalue weighted by Gasteiger charge is -2.26. The van der Waals surface area contributed by atoms with Gasteiger partial charge in [-0.3, -0.25) is 4.79 Å². The van der Waals surface area contributed by atoms with Gasteiger partial charge in [0, 0.05) is 30.4 Å². The van der Waals surface area contributed by atoms with Gasteiger partial charge in [0.15, 0.2) is 6.61 Å². The molecule has 1 aliphatic heterocycles. The molecule has 182 valence electrons. The van der Waals surface area contributed by atoms with Gasteiger partial charge in [0.25, 0.3) is 5.91 Å². The van der Waals surface area contributed by atoms with Crippen LogP contribution in [0.1, 0.15) is 24.8 Å². The number of nitrogens with zero attached hydrogens (tertiary/aromatic N) is 1. The van der Waals surface area contributed by atoms with Gasteiger partial charge in [-0.2, -0.15) is 4.31 Å². The van der Waals surface area contributed by atoms with Crippen LogP contribution >= 0.6 is 0 Å². The fourth-order valence-corrected chi connectivity index (χ4v) is 5.06. The third-order valence-electron chi connectivity index (χ3n) is 5.25. The maximum Gasteiger partial charge on any atom is 0.331 e. The molecule has 1 aliphatic rings. The van der Waals surface area contributed by atoms with Crippen molar-refractivity contribution in [3.05, 3.63) is 54.1 Å². The van der Waals surface area contributed by atoms with Crippen molar-refractivity contribution < 1.29 is 32.2 Å². The van der Waals surface area contributed by atoms with Gasteiger partial charge < -0.3 is 19.5 Å². The molecule has 10 heteroatoms. The molecular weight excluding hydrogens is 460 g/mol. The Hall–Kier alpha value is -3.37. The normalized spacial score (nSPS) is 14.5. The van der Waals surface area contributed by atoms with Crippen LogP contribution in [0.3, 0.4) is 0 Å². The summed E-state index contributed by atoms with van der Waals surface area (Å²) >= 11 is 0. The van der Waals surface area contributed by atoms with Crippen LogP contribution in [0.15, 0.2) is 53.4 Å². The lowest BCUT2D eigenvalue weighted by Crippen LogP contribution is -2.35. The van der Waals surface area contributed by atoms with Gasteiger partial charge >= 0.3 is 5.97 Å². The average Bonchev–Trinajstić information content (AvgIpc) is 2.86. The second-order valence-electron chi connectivity index (χ2n) is 7.59. The molecule has 2 aromatic rings. The molecule has 1 heterocycles. The lowest BCUT2D eigenvalue weighted by molar-refractivity contribution is -0.142. The minimum Gasteiger partial charge on any atom is -0.497 e. The predicted octanol–water partition coefficient (Wildman–Crippen LogP) is 3.07. The van der Waals surface area contributed by atoms with E-state index in [0.29, 0.717) is 35.8 Å². The molecule has 0 aliphatic carbocycles. The Labute approximate surface area is 199 Å². The standard InChI is InChI=1S/C24H28N2O7S/c1-31-20-10-11-22(32-2)18(15-20)9-12-24(28)33-17-23(27)25-19-7-6-8-21(16-19)34(29,30)26-13-4-3-5-14-26/h6-12,15-16H,3-5,13-14,17H2,1-2H3,(H,25,27)/b12-9+. The van der Waals surface area contributed by atoms with Crippen LogP contribution in [-0.2, 0) is 24.3 Å². The molecule has 0 saturated carbocycles. The highest BCUT2D eigenvalue weighted by atomic mass is 32.2. The van der Waals surface area contributed by atoms with Crippen LogP contribution in [0.5, 0.6) is 11.5 Å². The second kappa shape index (κ2) is 11.7. The molecule has 3 rings (SSSR count). The second-order valence-corrected chi connectivity index (χ2v) is 9.53. The molecule has 2 aromatic carbocycles. The molecule has 34 heavy (non-hydrogen) atoms. The van der Waals surface area contributed by atoms with E-state index in [9.17, 15) is 18.0 Å². The van der Waals surface area contributed by atoms with Gasteiger partial charge in [0.2, 0.25) is 10.0 Å². The molecule has 0 radical (unpaired) electrons. The van der Waals surface area contributed by atoms with E-state index >= 15 is 0 Å². The van der Waals surface area contributed by atoms with Gasteiger partial charge in [0.1, 0.15) is 11.5 Å². The number of carbonyl (C=O) groups is 2. The van der Waals surface area contributed by atoms with Crippen LogP contribution in [0.4, 0.5) is 5.69 Å². The summed E-state index contributed by atoms with van der Waals surface area (Å²) in [6.45, 7) is 0.454. The molecule has 0 unspecified atom stereocenters. The molecule has 0 atom stereocenters. The smallest absolute Gasteiger partial charge is 0.331 e. The number of anilines is 1. The van der Waals surface area contributed by atoms with Crippen molar-refractivity contribution in [1.29, 1.82) is 0 Å². The predicted molar refractivity (Wildman–Crippen MR) is 127 cm³/mol. The lowest BCUT2D eigenvalue weighted by atomic mass is 10.1. The van der Waals surface area contributed by atoms with Gasteiger partial charge in [-0.15, -0.1) is 0 Å². The number of ether oxygens (including phenoxy) is 3. The van der Waals surface area contributed by atoms with Crippen molar-refractivity contribution in [3.8, 4) is 11.5 Å². The summed E-state index contributed by atoms with van der Waals surface area (Å²) in [5, 5.41) is 2.56. The zero-order valence-corrected chi connectivity index (χ0v) is 20.0. The molecule has 1 saturated heterocycles. The molecule has 1 fully saturated rings. The number of benzene rings is 2. The largest absolute Gasteiger partial charge is 0.497 e. The molecule has 9 nitrogen and oxygen atoms in total. The first-order valence-corrected chi connectivity index (χ1v) is 12.2. The average molecular weight is 489 g/mol. The highest BCUT2D eigenvalue weighted by Crippen LogP contribution is 2.25. The molecule has 0 spiro atoms. The highest BCUT2D eigenvalue weighted by molar-refractivity contribution is 7.89. The third kappa shape index (κ3) is 6.58. The quantitative estimate of drug-likeness (QED) is 0.427. The van der Waals surface area contributed by atoms with Gasteiger partial charge in [-0.1, -0.05) is 12.5 Å². The van der Waals surface area contributed by atoms with E-state index in [1.54, 1.807) is 30.3 Å². The number of methoxy groups -OCH3 is 2. The summed E-state index contributed by atoms with van der Waals surface area (Å²) in [4.78, 5) is 24.4. The Balaban J connectivity index is 1.57. The summed E-state index contributed by atoms with van der Waals surface area (Å²) in [5.74, 6) is -0.172. The van der Waals surface area contributed by atoms with E-state index < -0.39 is 28.5 Å². The third-order valence-corrected chi connectivity index (χ3v) is 7.15. The Morgan fingerprint density at radius 2 is 1.79 bits per heavy atom. The van der Waals surface area contributed by atoms with Crippen molar-refractivity contribution in [2.75, 3.05) is 39.2 Å². The van der Waals surface area contributed by atoms with E-state index in [4.69, 9.17) is 14.2 Å². The first-order valence-electron chi connectivity index (χ1n) is 10.8. The first-order chi connectivity index (χ1) is 16.3. The monoisotopic (exact) mass is 488 g/mol. The fourth-order valence-electron chi connectivity index (χ4n) is 3.50. The minimum atomic E-state index is -3.62. The maximum absolute atomic E-state index is 12.8. The summed E-state index contributed by atoms with van der Waals surface area (Å²) in [6.07, 6.45) is 5.36.